The molecule has 0 spiro atoms. The number of likely N-dealkylation sites (tertiary alicyclic amines) is 1. The molecular formula is C13H25N3OS. The first-order valence-corrected chi connectivity index (χ1v) is 7.50. The lowest BCUT2D eigenvalue weighted by atomic mass is 9.99. The second-order valence-electron chi connectivity index (χ2n) is 5.14. The maximum Gasteiger partial charge on any atom is 0.168 e. The van der Waals surface area contributed by atoms with Crippen molar-refractivity contribution in [1.29, 1.82) is 0 Å². The normalized spacial score (nSPS) is 26.1. The van der Waals surface area contributed by atoms with E-state index in [1.807, 2.05) is 7.05 Å². The van der Waals surface area contributed by atoms with Crippen molar-refractivity contribution >= 4 is 17.3 Å². The van der Waals surface area contributed by atoms with E-state index in [9.17, 15) is 0 Å². The Hall–Kier alpha value is -0.390. The smallest absolute Gasteiger partial charge is 0.168 e. The largest absolute Gasteiger partial charge is 0.379 e. The van der Waals surface area contributed by atoms with Crippen LogP contribution in [-0.2, 0) is 4.74 Å². The van der Waals surface area contributed by atoms with Gasteiger partial charge in [-0.3, -0.25) is 4.90 Å². The Morgan fingerprint density at radius 3 is 2.78 bits per heavy atom. The van der Waals surface area contributed by atoms with Crippen molar-refractivity contribution in [2.45, 2.75) is 31.7 Å². The quantitative estimate of drug-likeness (QED) is 0.775. The van der Waals surface area contributed by atoms with E-state index in [0.717, 1.165) is 38.0 Å². The fraction of sp³-hybridized carbons (Fsp3) is 0.923. The van der Waals surface area contributed by atoms with Crippen LogP contribution in [0.3, 0.4) is 0 Å². The molecule has 2 aliphatic heterocycles. The Morgan fingerprint density at radius 1 is 1.28 bits per heavy atom. The Morgan fingerprint density at radius 2 is 2.06 bits per heavy atom. The second kappa shape index (κ2) is 7.26. The van der Waals surface area contributed by atoms with Gasteiger partial charge in [0, 0.05) is 39.3 Å². The minimum absolute atomic E-state index is 0.626. The molecule has 1 atom stereocenters. The summed E-state index contributed by atoms with van der Waals surface area (Å²) >= 11 is 5.40. The van der Waals surface area contributed by atoms with Crippen LogP contribution in [0.15, 0.2) is 0 Å². The van der Waals surface area contributed by atoms with Gasteiger partial charge in [-0.05, 0) is 37.9 Å². The summed E-state index contributed by atoms with van der Waals surface area (Å²) in [7, 11) is 1.93. The Kier molecular flexibility index (Phi) is 5.66. The van der Waals surface area contributed by atoms with E-state index >= 15 is 0 Å². The molecule has 0 aromatic heterocycles. The zero-order valence-electron chi connectivity index (χ0n) is 11.4. The average Bonchev–Trinajstić information content (AvgIpc) is 2.45. The van der Waals surface area contributed by atoms with E-state index < -0.39 is 0 Å². The van der Waals surface area contributed by atoms with Crippen molar-refractivity contribution in [2.75, 3.05) is 46.4 Å². The number of thiocarbonyl (C=S) groups is 1. The highest BCUT2D eigenvalue weighted by Crippen LogP contribution is 2.20. The molecule has 0 aliphatic carbocycles. The lowest BCUT2D eigenvalue weighted by Gasteiger charge is -2.38. The van der Waals surface area contributed by atoms with Crippen LogP contribution in [-0.4, -0.2) is 67.4 Å². The molecule has 2 heterocycles. The first kappa shape index (κ1) is 14.0. The van der Waals surface area contributed by atoms with Gasteiger partial charge in [0.05, 0.1) is 13.2 Å². The van der Waals surface area contributed by atoms with Gasteiger partial charge in [-0.25, -0.2) is 0 Å². The van der Waals surface area contributed by atoms with Crippen LogP contribution in [0.2, 0.25) is 0 Å². The van der Waals surface area contributed by atoms with Gasteiger partial charge in [-0.2, -0.15) is 0 Å². The summed E-state index contributed by atoms with van der Waals surface area (Å²) in [6, 6.07) is 0.626. The molecule has 2 saturated heterocycles. The first-order chi connectivity index (χ1) is 8.81. The van der Waals surface area contributed by atoms with Crippen molar-refractivity contribution in [3.05, 3.63) is 0 Å². The fourth-order valence-electron chi connectivity index (χ4n) is 2.87. The van der Waals surface area contributed by atoms with Gasteiger partial charge in [0.2, 0.25) is 0 Å². The third kappa shape index (κ3) is 3.80. The molecule has 0 unspecified atom stereocenters. The van der Waals surface area contributed by atoms with Crippen molar-refractivity contribution < 1.29 is 4.74 Å². The molecule has 0 bridgehead atoms. The van der Waals surface area contributed by atoms with Crippen LogP contribution >= 0.6 is 12.2 Å². The van der Waals surface area contributed by atoms with Crippen LogP contribution in [0.4, 0.5) is 0 Å². The lowest BCUT2D eigenvalue weighted by molar-refractivity contribution is 0.0337. The Labute approximate surface area is 116 Å². The maximum atomic E-state index is 5.40. The minimum atomic E-state index is 0.626. The molecule has 0 aromatic rings. The lowest BCUT2D eigenvalue weighted by Crippen LogP contribution is -2.49. The van der Waals surface area contributed by atoms with E-state index in [4.69, 9.17) is 17.0 Å². The third-order valence-corrected chi connectivity index (χ3v) is 4.42. The van der Waals surface area contributed by atoms with Crippen molar-refractivity contribution in [1.82, 2.24) is 15.1 Å². The summed E-state index contributed by atoms with van der Waals surface area (Å²) in [5.41, 5.74) is 0. The molecule has 2 fully saturated rings. The molecule has 0 radical (unpaired) electrons. The third-order valence-electron chi connectivity index (χ3n) is 3.98. The maximum absolute atomic E-state index is 5.40. The standard InChI is InChI=1S/C13H25N3OS/c1-14-13(18)16-6-3-2-4-12(16)5-7-15-8-10-17-11-9-15/h12H,2-11H2,1H3,(H,14,18)/t12-/m1/s1. The van der Waals surface area contributed by atoms with Crippen molar-refractivity contribution in [2.24, 2.45) is 0 Å². The Bertz CT molecular complexity index is 269. The second-order valence-corrected chi connectivity index (χ2v) is 5.53. The van der Waals surface area contributed by atoms with Crippen LogP contribution in [0, 0.1) is 0 Å². The number of hydrogen-bond donors (Lipinski definition) is 1. The van der Waals surface area contributed by atoms with E-state index in [1.165, 1.54) is 32.2 Å². The van der Waals surface area contributed by atoms with Crippen molar-refractivity contribution in [3.8, 4) is 0 Å². The number of rotatable bonds is 3. The molecule has 0 saturated carbocycles. The zero-order valence-corrected chi connectivity index (χ0v) is 12.2. The summed E-state index contributed by atoms with van der Waals surface area (Å²) in [5.74, 6) is 0. The average molecular weight is 271 g/mol. The number of hydrogen-bond acceptors (Lipinski definition) is 3. The van der Waals surface area contributed by atoms with Gasteiger partial charge >= 0.3 is 0 Å². The molecular weight excluding hydrogens is 246 g/mol. The number of piperidine rings is 1. The number of morpholine rings is 1. The molecule has 0 amide bonds. The van der Waals surface area contributed by atoms with E-state index in [2.05, 4.69) is 15.1 Å². The summed E-state index contributed by atoms with van der Waals surface area (Å²) in [5, 5.41) is 4.04. The molecule has 2 rings (SSSR count). The number of ether oxygens (including phenoxy) is 1. The first-order valence-electron chi connectivity index (χ1n) is 7.09. The SMILES string of the molecule is CNC(=S)N1CCCC[C@@H]1CCN1CCOCC1. The van der Waals surface area contributed by atoms with Gasteiger partial charge in [0.1, 0.15) is 0 Å². The van der Waals surface area contributed by atoms with Crippen LogP contribution in [0.25, 0.3) is 0 Å². The molecule has 4 nitrogen and oxygen atoms in total. The molecule has 2 aliphatic rings. The van der Waals surface area contributed by atoms with Gasteiger partial charge < -0.3 is 15.0 Å². The fourth-order valence-corrected chi connectivity index (χ4v) is 3.11. The highest BCUT2D eigenvalue weighted by Gasteiger charge is 2.24. The molecule has 18 heavy (non-hydrogen) atoms. The Balaban J connectivity index is 1.79. The number of nitrogens with zero attached hydrogens (tertiary/aromatic N) is 2. The van der Waals surface area contributed by atoms with Gasteiger partial charge in [0.15, 0.2) is 5.11 Å². The van der Waals surface area contributed by atoms with Crippen LogP contribution in [0.1, 0.15) is 25.7 Å². The van der Waals surface area contributed by atoms with Gasteiger partial charge in [0.25, 0.3) is 0 Å². The van der Waals surface area contributed by atoms with Crippen molar-refractivity contribution in [3.63, 3.8) is 0 Å². The highest BCUT2D eigenvalue weighted by molar-refractivity contribution is 7.80. The topological polar surface area (TPSA) is 27.7 Å². The predicted octanol–water partition coefficient (Wildman–Crippen LogP) is 1.07. The van der Waals surface area contributed by atoms with Gasteiger partial charge in [-0.1, -0.05) is 0 Å². The summed E-state index contributed by atoms with van der Waals surface area (Å²) in [6.45, 7) is 6.25. The molecule has 5 heteroatoms. The van der Waals surface area contributed by atoms with Crippen LogP contribution < -0.4 is 5.32 Å². The summed E-state index contributed by atoms with van der Waals surface area (Å²) in [4.78, 5) is 4.90. The highest BCUT2D eigenvalue weighted by atomic mass is 32.1. The summed E-state index contributed by atoms with van der Waals surface area (Å²) < 4.78 is 5.39. The van der Waals surface area contributed by atoms with E-state index in [0.29, 0.717) is 6.04 Å². The molecule has 0 aromatic carbocycles. The van der Waals surface area contributed by atoms with Crippen LogP contribution in [0.5, 0.6) is 0 Å². The molecule has 104 valence electrons. The minimum Gasteiger partial charge on any atom is -0.379 e. The predicted molar refractivity (Wildman–Crippen MR) is 77.9 cm³/mol. The zero-order chi connectivity index (χ0) is 12.8. The van der Waals surface area contributed by atoms with E-state index in [-0.39, 0.29) is 0 Å². The summed E-state index contributed by atoms with van der Waals surface area (Å²) in [6.07, 6.45) is 5.13. The monoisotopic (exact) mass is 271 g/mol. The number of nitrogens with one attached hydrogen (secondary N) is 1. The molecule has 1 N–H and O–H groups in total. The van der Waals surface area contributed by atoms with Gasteiger partial charge in [-0.15, -0.1) is 0 Å². The van der Waals surface area contributed by atoms with E-state index in [1.54, 1.807) is 0 Å².